The second kappa shape index (κ2) is 5.28. The number of nitrogens with zero attached hydrogens (tertiary/aromatic N) is 2. The van der Waals surface area contributed by atoms with Gasteiger partial charge in [-0.25, -0.2) is 0 Å². The molecule has 2 atom stereocenters. The SMILES string of the molecule is COC(C)CNC(C)c1cn(C)nc1C. The zero-order chi connectivity index (χ0) is 11.4. The first-order valence-electron chi connectivity index (χ1n) is 5.31. The van der Waals surface area contributed by atoms with Crippen LogP contribution < -0.4 is 5.32 Å². The van der Waals surface area contributed by atoms with Crippen molar-refractivity contribution < 1.29 is 4.74 Å². The molecule has 0 aliphatic carbocycles. The van der Waals surface area contributed by atoms with Crippen molar-refractivity contribution in [1.82, 2.24) is 15.1 Å². The number of rotatable bonds is 5. The Kier molecular flexibility index (Phi) is 4.29. The van der Waals surface area contributed by atoms with E-state index in [1.165, 1.54) is 5.56 Å². The fourth-order valence-electron chi connectivity index (χ4n) is 1.58. The highest BCUT2D eigenvalue weighted by Gasteiger charge is 2.11. The predicted octanol–water partition coefficient (Wildman–Crippen LogP) is 1.41. The third kappa shape index (κ3) is 3.32. The van der Waals surface area contributed by atoms with Gasteiger partial charge in [-0.2, -0.15) is 5.10 Å². The normalized spacial score (nSPS) is 15.3. The Hall–Kier alpha value is -0.870. The summed E-state index contributed by atoms with van der Waals surface area (Å²) in [5, 5.41) is 7.75. The van der Waals surface area contributed by atoms with Crippen LogP contribution in [0.5, 0.6) is 0 Å². The highest BCUT2D eigenvalue weighted by molar-refractivity contribution is 5.19. The van der Waals surface area contributed by atoms with Crippen LogP contribution in [-0.2, 0) is 11.8 Å². The third-order valence-electron chi connectivity index (χ3n) is 2.63. The third-order valence-corrected chi connectivity index (χ3v) is 2.63. The minimum Gasteiger partial charge on any atom is -0.380 e. The Morgan fingerprint density at radius 2 is 2.20 bits per heavy atom. The maximum absolute atomic E-state index is 5.19. The molecule has 0 saturated heterocycles. The van der Waals surface area contributed by atoms with Crippen LogP contribution in [0.4, 0.5) is 0 Å². The van der Waals surface area contributed by atoms with Gasteiger partial charge < -0.3 is 10.1 Å². The van der Waals surface area contributed by atoms with Gasteiger partial charge in [0.05, 0.1) is 11.8 Å². The Morgan fingerprint density at radius 1 is 1.53 bits per heavy atom. The number of ether oxygens (including phenoxy) is 1. The lowest BCUT2D eigenvalue weighted by molar-refractivity contribution is 0.115. The molecule has 4 heteroatoms. The van der Waals surface area contributed by atoms with Gasteiger partial charge in [-0.05, 0) is 20.8 Å². The zero-order valence-electron chi connectivity index (χ0n) is 10.2. The number of nitrogens with one attached hydrogen (secondary N) is 1. The summed E-state index contributed by atoms with van der Waals surface area (Å²) < 4.78 is 7.04. The quantitative estimate of drug-likeness (QED) is 0.800. The monoisotopic (exact) mass is 211 g/mol. The molecule has 86 valence electrons. The summed E-state index contributed by atoms with van der Waals surface area (Å²) >= 11 is 0. The van der Waals surface area contributed by atoms with Crippen molar-refractivity contribution in [2.24, 2.45) is 7.05 Å². The molecule has 4 nitrogen and oxygen atoms in total. The van der Waals surface area contributed by atoms with Crippen molar-refractivity contribution in [2.75, 3.05) is 13.7 Å². The maximum Gasteiger partial charge on any atom is 0.0667 e. The molecule has 0 amide bonds. The lowest BCUT2D eigenvalue weighted by Gasteiger charge is -2.16. The number of methoxy groups -OCH3 is 1. The van der Waals surface area contributed by atoms with Crippen LogP contribution in [0.3, 0.4) is 0 Å². The minimum atomic E-state index is 0.240. The standard InChI is InChI=1S/C11H21N3O/c1-8(15-5)6-12-9(2)11-7-14(4)13-10(11)3/h7-9,12H,6H2,1-5H3. The fraction of sp³-hybridized carbons (Fsp3) is 0.727. The summed E-state index contributed by atoms with van der Waals surface area (Å²) in [7, 11) is 3.67. The lowest BCUT2D eigenvalue weighted by Crippen LogP contribution is -2.28. The Bertz CT molecular complexity index is 309. The van der Waals surface area contributed by atoms with Crippen molar-refractivity contribution in [3.8, 4) is 0 Å². The number of aryl methyl sites for hydroxylation is 2. The average Bonchev–Trinajstić information content (AvgIpc) is 2.53. The first-order chi connectivity index (χ1) is 7.04. The van der Waals surface area contributed by atoms with E-state index in [1.807, 2.05) is 18.7 Å². The van der Waals surface area contributed by atoms with Gasteiger partial charge in [0.15, 0.2) is 0 Å². The molecule has 0 saturated carbocycles. The van der Waals surface area contributed by atoms with E-state index in [1.54, 1.807) is 7.11 Å². The first-order valence-corrected chi connectivity index (χ1v) is 5.31. The molecule has 0 bridgehead atoms. The number of hydrogen-bond donors (Lipinski definition) is 1. The summed E-state index contributed by atoms with van der Waals surface area (Å²) in [5.74, 6) is 0. The summed E-state index contributed by atoms with van der Waals surface area (Å²) in [6.45, 7) is 7.08. The molecule has 0 spiro atoms. The van der Waals surface area contributed by atoms with E-state index in [-0.39, 0.29) is 6.10 Å². The molecule has 2 unspecified atom stereocenters. The minimum absolute atomic E-state index is 0.240. The van der Waals surface area contributed by atoms with Crippen LogP contribution in [0.25, 0.3) is 0 Å². The van der Waals surface area contributed by atoms with E-state index in [0.717, 1.165) is 12.2 Å². The fourth-order valence-corrected chi connectivity index (χ4v) is 1.58. The molecule has 1 aromatic rings. The molecule has 0 aliphatic heterocycles. The maximum atomic E-state index is 5.19. The van der Waals surface area contributed by atoms with Gasteiger partial charge in [-0.15, -0.1) is 0 Å². The average molecular weight is 211 g/mol. The molecule has 0 radical (unpaired) electrons. The molecule has 1 heterocycles. The van der Waals surface area contributed by atoms with Gasteiger partial charge >= 0.3 is 0 Å². The summed E-state index contributed by atoms with van der Waals surface area (Å²) in [6.07, 6.45) is 2.30. The molecule has 1 rings (SSSR count). The molecular formula is C11H21N3O. The summed E-state index contributed by atoms with van der Waals surface area (Å²) in [5.41, 5.74) is 2.34. The molecule has 0 aromatic carbocycles. The summed E-state index contributed by atoms with van der Waals surface area (Å²) in [4.78, 5) is 0. The second-order valence-corrected chi connectivity index (χ2v) is 4.02. The number of hydrogen-bond acceptors (Lipinski definition) is 3. The van der Waals surface area contributed by atoms with Crippen LogP contribution in [0, 0.1) is 6.92 Å². The largest absolute Gasteiger partial charge is 0.380 e. The van der Waals surface area contributed by atoms with Crippen LogP contribution in [-0.4, -0.2) is 29.5 Å². The lowest BCUT2D eigenvalue weighted by atomic mass is 10.1. The molecule has 0 fully saturated rings. The number of aromatic nitrogens is 2. The van der Waals surface area contributed by atoms with Crippen LogP contribution in [0.15, 0.2) is 6.20 Å². The van der Waals surface area contributed by atoms with Crippen molar-refractivity contribution in [2.45, 2.75) is 32.9 Å². The van der Waals surface area contributed by atoms with Crippen molar-refractivity contribution in [3.63, 3.8) is 0 Å². The van der Waals surface area contributed by atoms with Crippen LogP contribution in [0.1, 0.15) is 31.1 Å². The van der Waals surface area contributed by atoms with E-state index in [4.69, 9.17) is 4.74 Å². The van der Waals surface area contributed by atoms with Gasteiger partial charge in [-0.1, -0.05) is 0 Å². The highest BCUT2D eigenvalue weighted by Crippen LogP contribution is 2.15. The summed E-state index contributed by atoms with van der Waals surface area (Å²) in [6, 6.07) is 0.316. The Labute approximate surface area is 91.6 Å². The van der Waals surface area contributed by atoms with Crippen molar-refractivity contribution in [3.05, 3.63) is 17.5 Å². The van der Waals surface area contributed by atoms with Gasteiger partial charge in [0.1, 0.15) is 0 Å². The van der Waals surface area contributed by atoms with Crippen molar-refractivity contribution in [1.29, 1.82) is 0 Å². The van der Waals surface area contributed by atoms with Gasteiger partial charge in [0, 0.05) is 38.5 Å². The molecule has 0 aliphatic rings. The van der Waals surface area contributed by atoms with Crippen molar-refractivity contribution >= 4 is 0 Å². The Morgan fingerprint density at radius 3 is 2.67 bits per heavy atom. The van der Waals surface area contributed by atoms with Crippen LogP contribution >= 0.6 is 0 Å². The van der Waals surface area contributed by atoms with E-state index < -0.39 is 0 Å². The second-order valence-electron chi connectivity index (χ2n) is 4.02. The molecule has 15 heavy (non-hydrogen) atoms. The molecule has 1 N–H and O–H groups in total. The van der Waals surface area contributed by atoms with Gasteiger partial charge in [0.25, 0.3) is 0 Å². The van der Waals surface area contributed by atoms with E-state index >= 15 is 0 Å². The molecule has 1 aromatic heterocycles. The Balaban J connectivity index is 2.53. The first kappa shape index (κ1) is 12.2. The highest BCUT2D eigenvalue weighted by atomic mass is 16.5. The van der Waals surface area contributed by atoms with Gasteiger partial charge in [0.2, 0.25) is 0 Å². The topological polar surface area (TPSA) is 39.1 Å². The van der Waals surface area contributed by atoms with E-state index in [0.29, 0.717) is 6.04 Å². The predicted molar refractivity (Wildman–Crippen MR) is 60.8 cm³/mol. The molecular weight excluding hydrogens is 190 g/mol. The zero-order valence-corrected chi connectivity index (χ0v) is 10.2. The van der Waals surface area contributed by atoms with Gasteiger partial charge in [-0.3, -0.25) is 4.68 Å². The van der Waals surface area contributed by atoms with Crippen LogP contribution in [0.2, 0.25) is 0 Å². The van der Waals surface area contributed by atoms with E-state index in [9.17, 15) is 0 Å². The smallest absolute Gasteiger partial charge is 0.0667 e. The van der Waals surface area contributed by atoms with E-state index in [2.05, 4.69) is 30.5 Å².